The van der Waals surface area contributed by atoms with Gasteiger partial charge < -0.3 is 4.74 Å². The van der Waals surface area contributed by atoms with Crippen LogP contribution in [0.4, 0.5) is 0 Å². The van der Waals surface area contributed by atoms with Crippen molar-refractivity contribution in [3.8, 4) is 5.75 Å². The smallest absolute Gasteiger partial charge is 0.124 e. The van der Waals surface area contributed by atoms with Gasteiger partial charge in [-0.25, -0.2) is 0 Å². The van der Waals surface area contributed by atoms with E-state index in [1.807, 2.05) is 31.2 Å². The molecule has 1 unspecified atom stereocenters. The van der Waals surface area contributed by atoms with Crippen molar-refractivity contribution in [2.45, 2.75) is 12.3 Å². The molecular weight excluding hydrogens is 368 g/mol. The molecule has 0 aliphatic heterocycles. The molecule has 0 spiro atoms. The SMILES string of the molecule is CCOc1ccc(Br)cc1C(Cl)c1cc2ccccc2s1. The predicted octanol–water partition coefficient (Wildman–Crippen LogP) is 6.39. The first-order valence-electron chi connectivity index (χ1n) is 6.74. The maximum atomic E-state index is 6.73. The lowest BCUT2D eigenvalue weighted by molar-refractivity contribution is 0.337. The Kier molecular flexibility index (Phi) is 4.53. The van der Waals surface area contributed by atoms with Crippen LogP contribution in [0, 0.1) is 0 Å². The maximum Gasteiger partial charge on any atom is 0.124 e. The van der Waals surface area contributed by atoms with Crippen LogP contribution in [-0.4, -0.2) is 6.61 Å². The minimum atomic E-state index is -0.207. The van der Waals surface area contributed by atoms with E-state index in [4.69, 9.17) is 16.3 Å². The summed E-state index contributed by atoms with van der Waals surface area (Å²) in [5, 5.41) is 1.03. The van der Waals surface area contributed by atoms with Crippen LogP contribution in [0.15, 0.2) is 53.0 Å². The third-order valence-corrected chi connectivity index (χ3v) is 5.51. The molecular formula is C17H14BrClOS. The molecule has 0 aliphatic rings. The second-order valence-electron chi connectivity index (χ2n) is 4.66. The molecule has 1 nitrogen and oxygen atoms in total. The maximum absolute atomic E-state index is 6.73. The highest BCUT2D eigenvalue weighted by Gasteiger charge is 2.18. The number of rotatable bonds is 4. The van der Waals surface area contributed by atoms with Crippen molar-refractivity contribution >= 4 is 49.0 Å². The molecule has 0 N–H and O–H groups in total. The largest absolute Gasteiger partial charge is 0.494 e. The summed E-state index contributed by atoms with van der Waals surface area (Å²) in [4.78, 5) is 1.14. The average Bonchev–Trinajstić information content (AvgIpc) is 2.92. The third kappa shape index (κ3) is 3.10. The van der Waals surface area contributed by atoms with Crippen LogP contribution in [0.25, 0.3) is 10.1 Å². The third-order valence-electron chi connectivity index (χ3n) is 3.24. The minimum Gasteiger partial charge on any atom is -0.494 e. The number of fused-ring (bicyclic) bond motifs is 1. The molecule has 3 rings (SSSR count). The molecule has 0 saturated heterocycles. The zero-order valence-electron chi connectivity index (χ0n) is 11.5. The predicted molar refractivity (Wildman–Crippen MR) is 94.8 cm³/mol. The number of halogens is 2. The highest BCUT2D eigenvalue weighted by Crippen LogP contribution is 2.41. The van der Waals surface area contributed by atoms with Gasteiger partial charge in [0.05, 0.1) is 12.0 Å². The van der Waals surface area contributed by atoms with Crippen molar-refractivity contribution in [2.24, 2.45) is 0 Å². The van der Waals surface area contributed by atoms with Gasteiger partial charge in [0.1, 0.15) is 5.75 Å². The Morgan fingerprint density at radius 1 is 1.19 bits per heavy atom. The Morgan fingerprint density at radius 3 is 2.76 bits per heavy atom. The van der Waals surface area contributed by atoms with Crippen molar-refractivity contribution in [2.75, 3.05) is 6.61 Å². The number of alkyl halides is 1. The molecule has 0 saturated carbocycles. The van der Waals surface area contributed by atoms with E-state index >= 15 is 0 Å². The van der Waals surface area contributed by atoms with Crippen LogP contribution >= 0.6 is 38.9 Å². The molecule has 1 atom stereocenters. The van der Waals surface area contributed by atoms with Crippen molar-refractivity contribution in [3.63, 3.8) is 0 Å². The van der Waals surface area contributed by atoms with E-state index in [0.29, 0.717) is 6.61 Å². The van der Waals surface area contributed by atoms with Crippen LogP contribution in [0.3, 0.4) is 0 Å². The molecule has 0 aliphatic carbocycles. The van der Waals surface area contributed by atoms with Gasteiger partial charge in [0.2, 0.25) is 0 Å². The van der Waals surface area contributed by atoms with E-state index < -0.39 is 0 Å². The van der Waals surface area contributed by atoms with Crippen LogP contribution in [-0.2, 0) is 0 Å². The molecule has 3 aromatic rings. The summed E-state index contributed by atoms with van der Waals surface area (Å²) in [7, 11) is 0. The summed E-state index contributed by atoms with van der Waals surface area (Å²) in [6, 6.07) is 16.5. The number of ether oxygens (including phenoxy) is 1. The molecule has 4 heteroatoms. The van der Waals surface area contributed by atoms with Crippen LogP contribution in [0.5, 0.6) is 5.75 Å². The molecule has 0 bridgehead atoms. The lowest BCUT2D eigenvalue weighted by Gasteiger charge is -2.14. The Balaban J connectivity index is 2.04. The Bertz CT molecular complexity index is 735. The zero-order chi connectivity index (χ0) is 14.8. The van der Waals surface area contributed by atoms with Gasteiger partial charge in [0, 0.05) is 19.6 Å². The molecule has 0 amide bonds. The van der Waals surface area contributed by atoms with Gasteiger partial charge in [-0.15, -0.1) is 22.9 Å². The van der Waals surface area contributed by atoms with E-state index in [1.54, 1.807) is 11.3 Å². The first-order chi connectivity index (χ1) is 10.2. The van der Waals surface area contributed by atoms with Gasteiger partial charge in [-0.2, -0.15) is 0 Å². The van der Waals surface area contributed by atoms with Gasteiger partial charge in [-0.1, -0.05) is 34.1 Å². The zero-order valence-corrected chi connectivity index (χ0v) is 14.6. The van der Waals surface area contributed by atoms with Gasteiger partial charge in [0.25, 0.3) is 0 Å². The van der Waals surface area contributed by atoms with Crippen molar-refractivity contribution < 1.29 is 4.74 Å². The standard InChI is InChI=1S/C17H14BrClOS/c1-2-20-14-8-7-12(18)10-13(14)17(19)16-9-11-5-3-4-6-15(11)21-16/h3-10,17H,2H2,1H3. The molecule has 2 aromatic carbocycles. The topological polar surface area (TPSA) is 9.23 Å². The fourth-order valence-corrected chi connectivity index (χ4v) is 4.09. The van der Waals surface area contributed by atoms with E-state index in [9.17, 15) is 0 Å². The monoisotopic (exact) mass is 380 g/mol. The van der Waals surface area contributed by atoms with Gasteiger partial charge >= 0.3 is 0 Å². The Morgan fingerprint density at radius 2 is 2.00 bits per heavy atom. The van der Waals surface area contributed by atoms with Crippen LogP contribution < -0.4 is 4.74 Å². The van der Waals surface area contributed by atoms with Gasteiger partial charge in [-0.3, -0.25) is 0 Å². The summed E-state index contributed by atoms with van der Waals surface area (Å²) in [6.45, 7) is 2.61. The molecule has 21 heavy (non-hydrogen) atoms. The quantitative estimate of drug-likeness (QED) is 0.476. The summed E-state index contributed by atoms with van der Waals surface area (Å²) < 4.78 is 7.97. The molecule has 0 fully saturated rings. The second kappa shape index (κ2) is 6.39. The lowest BCUT2D eigenvalue weighted by atomic mass is 10.1. The normalized spacial score (nSPS) is 12.5. The number of thiophene rings is 1. The first-order valence-corrected chi connectivity index (χ1v) is 8.78. The number of hydrogen-bond donors (Lipinski definition) is 0. The first kappa shape index (κ1) is 14.9. The molecule has 0 radical (unpaired) electrons. The van der Waals surface area contributed by atoms with E-state index in [0.717, 1.165) is 20.7 Å². The Hall–Kier alpha value is -1.03. The summed E-state index contributed by atoms with van der Waals surface area (Å²) in [5.41, 5.74) is 0.999. The summed E-state index contributed by atoms with van der Waals surface area (Å²) in [5.74, 6) is 0.846. The fourth-order valence-electron chi connectivity index (χ4n) is 2.28. The summed E-state index contributed by atoms with van der Waals surface area (Å²) in [6.07, 6.45) is 0. The van der Waals surface area contributed by atoms with Gasteiger partial charge in [0.15, 0.2) is 0 Å². The molecule has 1 heterocycles. The Labute approximate surface area is 141 Å². The average molecular weight is 382 g/mol. The highest BCUT2D eigenvalue weighted by molar-refractivity contribution is 9.10. The van der Waals surface area contributed by atoms with Crippen molar-refractivity contribution in [3.05, 3.63) is 63.4 Å². The second-order valence-corrected chi connectivity index (χ2v) is 7.13. The minimum absolute atomic E-state index is 0.207. The van der Waals surface area contributed by atoms with Gasteiger partial charge in [-0.05, 0) is 42.6 Å². The number of hydrogen-bond acceptors (Lipinski definition) is 2. The summed E-state index contributed by atoms with van der Waals surface area (Å²) >= 11 is 12.0. The van der Waals surface area contributed by atoms with E-state index in [1.165, 1.54) is 10.1 Å². The molecule has 1 aromatic heterocycles. The van der Waals surface area contributed by atoms with E-state index in [-0.39, 0.29) is 5.38 Å². The highest BCUT2D eigenvalue weighted by atomic mass is 79.9. The van der Waals surface area contributed by atoms with Crippen molar-refractivity contribution in [1.82, 2.24) is 0 Å². The van der Waals surface area contributed by atoms with Crippen LogP contribution in [0.1, 0.15) is 22.7 Å². The number of benzene rings is 2. The fraction of sp³-hybridized carbons (Fsp3) is 0.176. The van der Waals surface area contributed by atoms with E-state index in [2.05, 4.69) is 40.2 Å². The van der Waals surface area contributed by atoms with Crippen LogP contribution in [0.2, 0.25) is 0 Å². The molecule has 108 valence electrons. The van der Waals surface area contributed by atoms with Crippen molar-refractivity contribution in [1.29, 1.82) is 0 Å². The lowest BCUT2D eigenvalue weighted by Crippen LogP contribution is -1.99.